The van der Waals surface area contributed by atoms with Crippen molar-refractivity contribution in [2.75, 3.05) is 17.7 Å². The topological polar surface area (TPSA) is 67.4 Å². The quantitative estimate of drug-likeness (QED) is 0.861. The number of carbonyl (C=O) groups is 2. The Morgan fingerprint density at radius 3 is 1.82 bits per heavy atom. The molecule has 22 heavy (non-hydrogen) atoms. The fraction of sp³-hybridized carbons (Fsp3) is 0.176. The Morgan fingerprint density at radius 2 is 1.32 bits per heavy atom. The van der Waals surface area contributed by atoms with E-state index in [1.54, 1.807) is 43.5 Å². The summed E-state index contributed by atoms with van der Waals surface area (Å²) in [5.74, 6) is 0.338. The predicted octanol–water partition coefficient (Wildman–Crippen LogP) is 3.05. The van der Waals surface area contributed by atoms with Crippen molar-refractivity contribution in [1.29, 1.82) is 0 Å². The van der Waals surface area contributed by atoms with Gasteiger partial charge in [0, 0.05) is 24.2 Å². The van der Waals surface area contributed by atoms with Gasteiger partial charge in [-0.25, -0.2) is 0 Å². The first-order chi connectivity index (χ1) is 10.7. The van der Waals surface area contributed by atoms with Crippen molar-refractivity contribution in [2.24, 2.45) is 0 Å². The van der Waals surface area contributed by atoms with Gasteiger partial charge < -0.3 is 15.4 Å². The SMILES string of the molecule is COc1ccc(NC(=O)CCC(=O)Nc2ccccc2)cc1. The highest BCUT2D eigenvalue weighted by atomic mass is 16.5. The molecule has 0 bridgehead atoms. The Hall–Kier alpha value is -2.82. The highest BCUT2D eigenvalue weighted by molar-refractivity contribution is 5.96. The molecular weight excluding hydrogens is 280 g/mol. The number of anilines is 2. The molecule has 0 aliphatic rings. The van der Waals surface area contributed by atoms with Crippen molar-refractivity contribution in [3.8, 4) is 5.75 Å². The normalized spacial score (nSPS) is 9.86. The molecule has 2 amide bonds. The summed E-state index contributed by atoms with van der Waals surface area (Å²) in [6.45, 7) is 0. The Balaban J connectivity index is 1.76. The Kier molecular flexibility index (Phi) is 5.54. The summed E-state index contributed by atoms with van der Waals surface area (Å²) in [4.78, 5) is 23.5. The number of rotatable bonds is 6. The van der Waals surface area contributed by atoms with Crippen LogP contribution in [-0.2, 0) is 9.59 Å². The molecule has 114 valence electrons. The average Bonchev–Trinajstić information content (AvgIpc) is 2.55. The first-order valence-electron chi connectivity index (χ1n) is 6.96. The number of methoxy groups -OCH3 is 1. The average molecular weight is 298 g/mol. The lowest BCUT2D eigenvalue weighted by Crippen LogP contribution is -2.17. The van der Waals surface area contributed by atoms with Gasteiger partial charge in [-0.05, 0) is 36.4 Å². The van der Waals surface area contributed by atoms with E-state index >= 15 is 0 Å². The summed E-state index contributed by atoms with van der Waals surface area (Å²) >= 11 is 0. The second kappa shape index (κ2) is 7.83. The number of nitrogens with one attached hydrogen (secondary N) is 2. The van der Waals surface area contributed by atoms with Gasteiger partial charge >= 0.3 is 0 Å². The van der Waals surface area contributed by atoms with Crippen LogP contribution < -0.4 is 15.4 Å². The summed E-state index contributed by atoms with van der Waals surface area (Å²) in [7, 11) is 1.58. The molecule has 5 heteroatoms. The van der Waals surface area contributed by atoms with Crippen LogP contribution in [0, 0.1) is 0 Å². The van der Waals surface area contributed by atoms with Crippen molar-refractivity contribution in [1.82, 2.24) is 0 Å². The lowest BCUT2D eigenvalue weighted by Gasteiger charge is -2.07. The first kappa shape index (κ1) is 15.6. The molecule has 0 saturated carbocycles. The molecule has 2 rings (SSSR count). The van der Waals surface area contributed by atoms with Crippen LogP contribution in [0.5, 0.6) is 5.75 Å². The summed E-state index contributed by atoms with van der Waals surface area (Å²) in [6, 6.07) is 16.2. The molecule has 2 aromatic rings. The molecule has 0 fully saturated rings. The minimum Gasteiger partial charge on any atom is -0.497 e. The maximum Gasteiger partial charge on any atom is 0.224 e. The molecule has 0 aromatic heterocycles. The lowest BCUT2D eigenvalue weighted by molar-refractivity contribution is -0.121. The minimum atomic E-state index is -0.201. The van der Waals surface area contributed by atoms with Gasteiger partial charge in [-0.2, -0.15) is 0 Å². The molecule has 0 saturated heterocycles. The molecule has 0 atom stereocenters. The number of amides is 2. The lowest BCUT2D eigenvalue weighted by atomic mass is 10.2. The Labute approximate surface area is 129 Å². The van der Waals surface area contributed by atoms with Crippen molar-refractivity contribution in [3.05, 3.63) is 54.6 Å². The number of ether oxygens (including phenoxy) is 1. The van der Waals surface area contributed by atoms with Crippen LogP contribution in [0.1, 0.15) is 12.8 Å². The molecule has 0 heterocycles. The predicted molar refractivity (Wildman–Crippen MR) is 85.9 cm³/mol. The maximum atomic E-state index is 11.8. The fourth-order valence-corrected chi connectivity index (χ4v) is 1.87. The van der Waals surface area contributed by atoms with Crippen LogP contribution in [0.25, 0.3) is 0 Å². The third kappa shape index (κ3) is 4.94. The van der Waals surface area contributed by atoms with Crippen LogP contribution >= 0.6 is 0 Å². The standard InChI is InChI=1S/C17H18N2O3/c1-22-15-9-7-14(8-10-15)19-17(21)12-11-16(20)18-13-5-3-2-4-6-13/h2-10H,11-12H2,1H3,(H,18,20)(H,19,21). The van der Waals surface area contributed by atoms with Crippen LogP contribution in [0.15, 0.2) is 54.6 Å². The van der Waals surface area contributed by atoms with E-state index in [-0.39, 0.29) is 24.7 Å². The van der Waals surface area contributed by atoms with Gasteiger partial charge in [0.1, 0.15) is 5.75 Å². The number of hydrogen-bond acceptors (Lipinski definition) is 3. The molecule has 0 spiro atoms. The van der Waals surface area contributed by atoms with Crippen molar-refractivity contribution in [2.45, 2.75) is 12.8 Å². The third-order valence-corrected chi connectivity index (χ3v) is 3.01. The molecule has 0 aliphatic heterocycles. The van der Waals surface area contributed by atoms with E-state index in [0.717, 1.165) is 11.4 Å². The molecule has 2 N–H and O–H groups in total. The van der Waals surface area contributed by atoms with Gasteiger partial charge in [-0.15, -0.1) is 0 Å². The van der Waals surface area contributed by atoms with E-state index < -0.39 is 0 Å². The summed E-state index contributed by atoms with van der Waals surface area (Å²) in [6.07, 6.45) is 0.265. The van der Waals surface area contributed by atoms with Crippen LogP contribution in [0.2, 0.25) is 0 Å². The molecule has 0 unspecified atom stereocenters. The van der Waals surface area contributed by atoms with Gasteiger partial charge in [0.15, 0.2) is 0 Å². The highest BCUT2D eigenvalue weighted by Gasteiger charge is 2.07. The first-order valence-corrected chi connectivity index (χ1v) is 6.96. The summed E-state index contributed by atoms with van der Waals surface area (Å²) in [5.41, 5.74) is 1.40. The van der Waals surface area contributed by atoms with E-state index in [9.17, 15) is 9.59 Å². The third-order valence-electron chi connectivity index (χ3n) is 3.01. The number of carbonyl (C=O) groups excluding carboxylic acids is 2. The van der Waals surface area contributed by atoms with E-state index in [1.807, 2.05) is 18.2 Å². The molecule has 2 aromatic carbocycles. The molecule has 0 radical (unpaired) electrons. The van der Waals surface area contributed by atoms with Gasteiger partial charge in [-0.3, -0.25) is 9.59 Å². The van der Waals surface area contributed by atoms with Gasteiger partial charge in [0.05, 0.1) is 7.11 Å². The second-order valence-electron chi connectivity index (χ2n) is 4.69. The van der Waals surface area contributed by atoms with Crippen molar-refractivity contribution < 1.29 is 14.3 Å². The molecule has 5 nitrogen and oxygen atoms in total. The molecule has 0 aliphatic carbocycles. The van der Waals surface area contributed by atoms with Crippen molar-refractivity contribution >= 4 is 23.2 Å². The van der Waals surface area contributed by atoms with Gasteiger partial charge in [0.25, 0.3) is 0 Å². The maximum absolute atomic E-state index is 11.8. The van der Waals surface area contributed by atoms with Gasteiger partial charge in [-0.1, -0.05) is 18.2 Å². The van der Waals surface area contributed by atoms with Crippen LogP contribution in [0.3, 0.4) is 0 Å². The van der Waals surface area contributed by atoms with E-state index in [4.69, 9.17) is 4.74 Å². The summed E-state index contributed by atoms with van der Waals surface area (Å²) in [5, 5.41) is 5.48. The van der Waals surface area contributed by atoms with E-state index in [2.05, 4.69) is 10.6 Å². The minimum absolute atomic E-state index is 0.130. The Morgan fingerprint density at radius 1 is 0.818 bits per heavy atom. The van der Waals surface area contributed by atoms with Crippen LogP contribution in [-0.4, -0.2) is 18.9 Å². The van der Waals surface area contributed by atoms with E-state index in [0.29, 0.717) is 5.69 Å². The second-order valence-corrected chi connectivity index (χ2v) is 4.69. The smallest absolute Gasteiger partial charge is 0.224 e. The fourth-order valence-electron chi connectivity index (χ4n) is 1.87. The summed E-state index contributed by atoms with van der Waals surface area (Å²) < 4.78 is 5.04. The highest BCUT2D eigenvalue weighted by Crippen LogP contribution is 2.15. The zero-order valence-corrected chi connectivity index (χ0v) is 12.3. The monoisotopic (exact) mass is 298 g/mol. The van der Waals surface area contributed by atoms with E-state index in [1.165, 1.54) is 0 Å². The Bertz CT molecular complexity index is 624. The largest absolute Gasteiger partial charge is 0.497 e. The van der Waals surface area contributed by atoms with Gasteiger partial charge in [0.2, 0.25) is 11.8 Å². The zero-order valence-electron chi connectivity index (χ0n) is 12.3. The number of para-hydroxylation sites is 1. The molecular formula is C17H18N2O3. The zero-order chi connectivity index (χ0) is 15.8. The number of hydrogen-bond donors (Lipinski definition) is 2. The number of benzene rings is 2. The van der Waals surface area contributed by atoms with Crippen molar-refractivity contribution in [3.63, 3.8) is 0 Å². The van der Waals surface area contributed by atoms with Crippen LogP contribution in [0.4, 0.5) is 11.4 Å².